The van der Waals surface area contributed by atoms with E-state index in [2.05, 4.69) is 12.0 Å². The molecule has 2 rings (SSSR count). The van der Waals surface area contributed by atoms with Crippen LogP contribution in [0.5, 0.6) is 0 Å². The highest BCUT2D eigenvalue weighted by Gasteiger charge is 2.04. The van der Waals surface area contributed by atoms with Crippen LogP contribution in [0.2, 0.25) is 0 Å². The normalized spacial score (nSPS) is 10.4. The van der Waals surface area contributed by atoms with E-state index in [1.54, 1.807) is 4.68 Å². The second-order valence-electron chi connectivity index (χ2n) is 3.06. The minimum absolute atomic E-state index is 0.648. The highest BCUT2D eigenvalue weighted by molar-refractivity contribution is 5.42. The standard InChI is InChI=1S/C11H12N3/c1-2-9-8-11(12)14(13-9)10-6-4-3-5-7-10/h3-8H,1-2,12H2. The fourth-order valence-corrected chi connectivity index (χ4v) is 1.35. The molecule has 0 aliphatic heterocycles. The first-order chi connectivity index (χ1) is 6.81. The van der Waals surface area contributed by atoms with Crippen LogP contribution < -0.4 is 5.73 Å². The van der Waals surface area contributed by atoms with Gasteiger partial charge in [-0.2, -0.15) is 5.10 Å². The molecular weight excluding hydrogens is 174 g/mol. The lowest BCUT2D eigenvalue weighted by Gasteiger charge is -2.02. The number of hydrogen-bond donors (Lipinski definition) is 1. The molecule has 14 heavy (non-hydrogen) atoms. The fourth-order valence-electron chi connectivity index (χ4n) is 1.35. The zero-order valence-corrected chi connectivity index (χ0v) is 7.85. The summed E-state index contributed by atoms with van der Waals surface area (Å²) in [5.41, 5.74) is 7.71. The van der Waals surface area contributed by atoms with Crippen molar-refractivity contribution in [3.05, 3.63) is 49.0 Å². The average Bonchev–Trinajstić information content (AvgIpc) is 2.61. The van der Waals surface area contributed by atoms with Crippen molar-refractivity contribution in [2.24, 2.45) is 0 Å². The maximum absolute atomic E-state index is 5.82. The number of hydrogen-bond acceptors (Lipinski definition) is 2. The average molecular weight is 186 g/mol. The van der Waals surface area contributed by atoms with Crippen molar-refractivity contribution in [3.63, 3.8) is 0 Å². The van der Waals surface area contributed by atoms with Crippen LogP contribution in [0, 0.1) is 6.92 Å². The maximum atomic E-state index is 5.82. The van der Waals surface area contributed by atoms with E-state index in [4.69, 9.17) is 5.73 Å². The Kier molecular flexibility index (Phi) is 2.23. The first kappa shape index (κ1) is 8.81. The SMILES string of the molecule is [CH2]Cc1cc(N)n(-c2ccccc2)n1. The zero-order valence-electron chi connectivity index (χ0n) is 7.85. The van der Waals surface area contributed by atoms with Crippen molar-refractivity contribution in [3.8, 4) is 5.69 Å². The number of benzene rings is 1. The topological polar surface area (TPSA) is 43.8 Å². The molecule has 0 amide bonds. The van der Waals surface area contributed by atoms with Gasteiger partial charge in [-0.05, 0) is 25.5 Å². The Bertz CT molecular complexity index is 417. The Labute approximate surface area is 83.2 Å². The lowest BCUT2D eigenvalue weighted by Crippen LogP contribution is -2.01. The minimum Gasteiger partial charge on any atom is -0.384 e. The molecule has 2 N–H and O–H groups in total. The van der Waals surface area contributed by atoms with Crippen LogP contribution in [0.25, 0.3) is 5.69 Å². The predicted octanol–water partition coefficient (Wildman–Crippen LogP) is 1.83. The Morgan fingerprint density at radius 1 is 1.29 bits per heavy atom. The summed E-state index contributed by atoms with van der Waals surface area (Å²) in [6.45, 7) is 3.77. The van der Waals surface area contributed by atoms with Gasteiger partial charge in [0.05, 0.1) is 11.4 Å². The van der Waals surface area contributed by atoms with Crippen LogP contribution in [0.4, 0.5) is 5.82 Å². The van der Waals surface area contributed by atoms with E-state index in [0.717, 1.165) is 11.4 Å². The molecule has 2 aromatic rings. The van der Waals surface area contributed by atoms with Crippen LogP contribution in [0.15, 0.2) is 36.4 Å². The van der Waals surface area contributed by atoms with Gasteiger partial charge >= 0.3 is 0 Å². The largest absolute Gasteiger partial charge is 0.384 e. The molecule has 1 radical (unpaired) electrons. The van der Waals surface area contributed by atoms with Crippen molar-refractivity contribution in [1.82, 2.24) is 9.78 Å². The first-order valence-electron chi connectivity index (χ1n) is 4.50. The summed E-state index contributed by atoms with van der Waals surface area (Å²) in [5.74, 6) is 0.648. The van der Waals surface area contributed by atoms with Crippen LogP contribution in [0.3, 0.4) is 0 Å². The molecule has 0 aliphatic rings. The maximum Gasteiger partial charge on any atom is 0.127 e. The molecule has 0 aliphatic carbocycles. The van der Waals surface area contributed by atoms with Gasteiger partial charge in [-0.25, -0.2) is 4.68 Å². The van der Waals surface area contributed by atoms with Gasteiger partial charge < -0.3 is 5.73 Å². The minimum atomic E-state index is 0.648. The van der Waals surface area contributed by atoms with E-state index in [1.165, 1.54) is 0 Å². The van der Waals surface area contributed by atoms with Crippen molar-refractivity contribution in [2.45, 2.75) is 6.42 Å². The van der Waals surface area contributed by atoms with E-state index in [9.17, 15) is 0 Å². The number of nitrogens with zero attached hydrogens (tertiary/aromatic N) is 2. The van der Waals surface area contributed by atoms with Crippen molar-refractivity contribution >= 4 is 5.82 Å². The number of para-hydroxylation sites is 1. The number of rotatable bonds is 2. The van der Waals surface area contributed by atoms with Gasteiger partial charge in [0, 0.05) is 6.07 Å². The quantitative estimate of drug-likeness (QED) is 0.777. The Morgan fingerprint density at radius 2 is 2.00 bits per heavy atom. The number of anilines is 1. The Hall–Kier alpha value is -1.77. The molecule has 0 saturated heterocycles. The molecule has 1 heterocycles. The third kappa shape index (κ3) is 1.48. The summed E-state index contributed by atoms with van der Waals surface area (Å²) >= 11 is 0. The van der Waals surface area contributed by atoms with Crippen molar-refractivity contribution in [1.29, 1.82) is 0 Å². The van der Waals surface area contributed by atoms with E-state index in [0.29, 0.717) is 12.2 Å². The monoisotopic (exact) mass is 186 g/mol. The van der Waals surface area contributed by atoms with Gasteiger partial charge in [0.1, 0.15) is 5.82 Å². The molecule has 1 aromatic heterocycles. The van der Waals surface area contributed by atoms with E-state index >= 15 is 0 Å². The molecule has 0 bridgehead atoms. The van der Waals surface area contributed by atoms with Crippen LogP contribution in [0.1, 0.15) is 5.69 Å². The summed E-state index contributed by atoms with van der Waals surface area (Å²) < 4.78 is 1.72. The van der Waals surface area contributed by atoms with Gasteiger partial charge in [-0.3, -0.25) is 0 Å². The van der Waals surface area contributed by atoms with Crippen molar-refractivity contribution < 1.29 is 0 Å². The molecule has 1 aromatic carbocycles. The van der Waals surface area contributed by atoms with Gasteiger partial charge in [-0.15, -0.1) is 0 Å². The third-order valence-corrected chi connectivity index (χ3v) is 2.04. The lowest BCUT2D eigenvalue weighted by molar-refractivity contribution is 0.860. The highest BCUT2D eigenvalue weighted by Crippen LogP contribution is 2.13. The van der Waals surface area contributed by atoms with Gasteiger partial charge in [0.2, 0.25) is 0 Å². The molecular formula is C11H12N3. The molecule has 0 saturated carbocycles. The second kappa shape index (κ2) is 3.54. The van der Waals surface area contributed by atoms with Gasteiger partial charge in [-0.1, -0.05) is 18.2 Å². The molecule has 0 unspecified atom stereocenters. The molecule has 71 valence electrons. The van der Waals surface area contributed by atoms with E-state index in [-0.39, 0.29) is 0 Å². The summed E-state index contributed by atoms with van der Waals surface area (Å²) in [6.07, 6.45) is 0.657. The summed E-state index contributed by atoms with van der Waals surface area (Å²) in [6, 6.07) is 11.7. The second-order valence-corrected chi connectivity index (χ2v) is 3.06. The zero-order chi connectivity index (χ0) is 9.97. The first-order valence-corrected chi connectivity index (χ1v) is 4.50. The Balaban J connectivity index is 2.46. The summed E-state index contributed by atoms with van der Waals surface area (Å²) in [5, 5.41) is 4.33. The summed E-state index contributed by atoms with van der Waals surface area (Å²) in [4.78, 5) is 0. The van der Waals surface area contributed by atoms with Gasteiger partial charge in [0.25, 0.3) is 0 Å². The van der Waals surface area contributed by atoms with E-state index < -0.39 is 0 Å². The molecule has 3 heteroatoms. The number of nitrogen functional groups attached to an aromatic ring is 1. The lowest BCUT2D eigenvalue weighted by atomic mass is 10.3. The molecule has 0 spiro atoms. The molecule has 3 nitrogen and oxygen atoms in total. The summed E-state index contributed by atoms with van der Waals surface area (Å²) in [7, 11) is 0. The highest BCUT2D eigenvalue weighted by atomic mass is 15.3. The van der Waals surface area contributed by atoms with Crippen LogP contribution in [-0.4, -0.2) is 9.78 Å². The number of aromatic nitrogens is 2. The number of nitrogens with two attached hydrogens (primary N) is 1. The van der Waals surface area contributed by atoms with Crippen LogP contribution >= 0.6 is 0 Å². The van der Waals surface area contributed by atoms with E-state index in [1.807, 2.05) is 36.4 Å². The third-order valence-electron chi connectivity index (χ3n) is 2.04. The Morgan fingerprint density at radius 3 is 2.57 bits per heavy atom. The predicted molar refractivity (Wildman–Crippen MR) is 57.0 cm³/mol. The molecule has 0 atom stereocenters. The smallest absolute Gasteiger partial charge is 0.127 e. The molecule has 0 fully saturated rings. The van der Waals surface area contributed by atoms with Crippen molar-refractivity contribution in [2.75, 3.05) is 5.73 Å². The fraction of sp³-hybridized carbons (Fsp3) is 0.0909. The van der Waals surface area contributed by atoms with Gasteiger partial charge in [0.15, 0.2) is 0 Å². The van der Waals surface area contributed by atoms with Crippen LogP contribution in [-0.2, 0) is 6.42 Å².